The molecule has 1 heterocycles. The molecule has 2 heteroatoms. The van der Waals surface area contributed by atoms with Gasteiger partial charge in [-0.25, -0.2) is 0 Å². The van der Waals surface area contributed by atoms with Gasteiger partial charge in [-0.2, -0.15) is 0 Å². The minimum atomic E-state index is 1.11. The molecule has 1 aromatic heterocycles. The topological polar surface area (TPSA) is 8.17 Å². The second-order valence-electron chi connectivity index (χ2n) is 13.0. The monoisotopic (exact) mass is 636 g/mol. The molecule has 10 rings (SSSR count). The molecule has 0 spiro atoms. The van der Waals surface area contributed by atoms with Gasteiger partial charge in [0.15, 0.2) is 0 Å². The SMILES string of the molecule is c1ccc(-c2cccc(N(c3ccc4c(c3)c3ccccc3n4-c3ccccc3)c3cc4ccccc4c4ccc5ccccc5c34)c2)cc1. The van der Waals surface area contributed by atoms with E-state index in [-0.39, 0.29) is 0 Å². The van der Waals surface area contributed by atoms with Crippen molar-refractivity contribution in [3.8, 4) is 16.8 Å². The van der Waals surface area contributed by atoms with Crippen LogP contribution in [0.3, 0.4) is 0 Å². The van der Waals surface area contributed by atoms with Crippen LogP contribution in [0, 0.1) is 0 Å². The summed E-state index contributed by atoms with van der Waals surface area (Å²) >= 11 is 0. The van der Waals surface area contributed by atoms with E-state index in [2.05, 4.69) is 204 Å². The first-order valence-corrected chi connectivity index (χ1v) is 17.2. The molecule has 0 aliphatic heterocycles. The lowest BCUT2D eigenvalue weighted by molar-refractivity contribution is 1.18. The van der Waals surface area contributed by atoms with Gasteiger partial charge in [0.2, 0.25) is 0 Å². The van der Waals surface area contributed by atoms with E-state index in [9.17, 15) is 0 Å². The number of benzene rings is 9. The lowest BCUT2D eigenvalue weighted by Crippen LogP contribution is -2.11. The summed E-state index contributed by atoms with van der Waals surface area (Å²) in [5, 5.41) is 9.92. The van der Waals surface area contributed by atoms with Gasteiger partial charge in [0, 0.05) is 33.2 Å². The second-order valence-corrected chi connectivity index (χ2v) is 13.0. The number of nitrogens with zero attached hydrogens (tertiary/aromatic N) is 2. The first-order chi connectivity index (χ1) is 24.8. The van der Waals surface area contributed by atoms with Crippen LogP contribution in [0.4, 0.5) is 17.1 Å². The molecule has 0 atom stereocenters. The van der Waals surface area contributed by atoms with Crippen LogP contribution in [-0.2, 0) is 0 Å². The molecule has 0 aliphatic rings. The van der Waals surface area contributed by atoms with Gasteiger partial charge in [0.25, 0.3) is 0 Å². The van der Waals surface area contributed by atoms with E-state index >= 15 is 0 Å². The molecule has 0 bridgehead atoms. The summed E-state index contributed by atoms with van der Waals surface area (Å²) in [6, 6.07) is 70.6. The van der Waals surface area contributed by atoms with Crippen molar-refractivity contribution >= 4 is 71.2 Å². The Morgan fingerprint density at radius 2 is 0.980 bits per heavy atom. The summed E-state index contributed by atoms with van der Waals surface area (Å²) in [7, 11) is 0. The highest BCUT2D eigenvalue weighted by Crippen LogP contribution is 2.46. The molecule has 0 unspecified atom stereocenters. The maximum atomic E-state index is 2.47. The summed E-state index contributed by atoms with van der Waals surface area (Å²) < 4.78 is 2.38. The predicted octanol–water partition coefficient (Wildman–Crippen LogP) is 13.4. The van der Waals surface area contributed by atoms with E-state index in [1.165, 1.54) is 65.3 Å². The molecule has 0 aliphatic carbocycles. The van der Waals surface area contributed by atoms with Crippen molar-refractivity contribution in [2.24, 2.45) is 0 Å². The first kappa shape index (κ1) is 28.4. The number of anilines is 3. The molecule has 10 aromatic rings. The normalized spacial score (nSPS) is 11.6. The van der Waals surface area contributed by atoms with Crippen LogP contribution in [-0.4, -0.2) is 4.57 Å². The van der Waals surface area contributed by atoms with Crippen molar-refractivity contribution in [1.29, 1.82) is 0 Å². The van der Waals surface area contributed by atoms with Gasteiger partial charge in [-0.1, -0.05) is 140 Å². The molecule has 0 N–H and O–H groups in total. The van der Waals surface area contributed by atoms with E-state index < -0.39 is 0 Å². The lowest BCUT2D eigenvalue weighted by atomic mass is 9.94. The third-order valence-electron chi connectivity index (χ3n) is 10.1. The summed E-state index contributed by atoms with van der Waals surface area (Å²) in [5.74, 6) is 0. The summed E-state index contributed by atoms with van der Waals surface area (Å²) in [6.07, 6.45) is 0. The average molecular weight is 637 g/mol. The van der Waals surface area contributed by atoms with Gasteiger partial charge in [-0.15, -0.1) is 0 Å². The fourth-order valence-electron chi connectivity index (χ4n) is 7.87. The highest BCUT2D eigenvalue weighted by atomic mass is 15.1. The van der Waals surface area contributed by atoms with Crippen molar-refractivity contribution in [3.63, 3.8) is 0 Å². The Morgan fingerprint density at radius 1 is 0.340 bits per heavy atom. The molecular weight excluding hydrogens is 605 g/mol. The molecule has 9 aromatic carbocycles. The van der Waals surface area contributed by atoms with Gasteiger partial charge in [0.05, 0.1) is 16.7 Å². The summed E-state index contributed by atoms with van der Waals surface area (Å²) in [6.45, 7) is 0. The number of aromatic nitrogens is 1. The van der Waals surface area contributed by atoms with Crippen LogP contribution >= 0.6 is 0 Å². The Kier molecular flexibility index (Phi) is 6.53. The van der Waals surface area contributed by atoms with Gasteiger partial charge in [-0.3, -0.25) is 0 Å². The first-order valence-electron chi connectivity index (χ1n) is 17.2. The van der Waals surface area contributed by atoms with Gasteiger partial charge >= 0.3 is 0 Å². The Labute approximate surface area is 290 Å². The molecular formula is C48H32N2. The quantitative estimate of drug-likeness (QED) is 0.171. The Bertz CT molecular complexity index is 2870. The van der Waals surface area contributed by atoms with E-state index in [1.807, 2.05) is 0 Å². The second kappa shape index (κ2) is 11.5. The number of hydrogen-bond acceptors (Lipinski definition) is 1. The van der Waals surface area contributed by atoms with E-state index in [0.29, 0.717) is 0 Å². The minimum absolute atomic E-state index is 1.11. The molecule has 234 valence electrons. The van der Waals surface area contributed by atoms with E-state index in [4.69, 9.17) is 0 Å². The molecule has 0 saturated heterocycles. The number of para-hydroxylation sites is 2. The maximum absolute atomic E-state index is 2.47. The molecule has 0 radical (unpaired) electrons. The lowest BCUT2D eigenvalue weighted by Gasteiger charge is -2.29. The molecule has 50 heavy (non-hydrogen) atoms. The number of rotatable bonds is 5. The van der Waals surface area contributed by atoms with Crippen molar-refractivity contribution in [3.05, 3.63) is 194 Å². The fourth-order valence-corrected chi connectivity index (χ4v) is 7.87. The Balaban J connectivity index is 1.31. The smallest absolute Gasteiger partial charge is 0.0552 e. The minimum Gasteiger partial charge on any atom is -0.310 e. The van der Waals surface area contributed by atoms with Gasteiger partial charge in [-0.05, 0) is 92.7 Å². The highest BCUT2D eigenvalue weighted by Gasteiger charge is 2.21. The largest absolute Gasteiger partial charge is 0.310 e. The predicted molar refractivity (Wildman–Crippen MR) is 213 cm³/mol. The molecule has 2 nitrogen and oxygen atoms in total. The van der Waals surface area contributed by atoms with E-state index in [1.54, 1.807) is 0 Å². The van der Waals surface area contributed by atoms with Crippen LogP contribution < -0.4 is 4.90 Å². The molecule has 0 fully saturated rings. The molecule has 0 saturated carbocycles. The maximum Gasteiger partial charge on any atom is 0.0552 e. The van der Waals surface area contributed by atoms with Crippen molar-refractivity contribution in [2.45, 2.75) is 0 Å². The Morgan fingerprint density at radius 3 is 1.82 bits per heavy atom. The van der Waals surface area contributed by atoms with Crippen molar-refractivity contribution in [1.82, 2.24) is 4.57 Å². The highest BCUT2D eigenvalue weighted by molar-refractivity contribution is 6.24. The fraction of sp³-hybridized carbons (Fsp3) is 0. The van der Waals surface area contributed by atoms with Gasteiger partial charge in [0.1, 0.15) is 0 Å². The van der Waals surface area contributed by atoms with Crippen LogP contribution in [0.2, 0.25) is 0 Å². The Hall–Kier alpha value is -6.64. The number of hydrogen-bond donors (Lipinski definition) is 0. The summed E-state index contributed by atoms with van der Waals surface area (Å²) in [5.41, 5.74) is 9.32. The summed E-state index contributed by atoms with van der Waals surface area (Å²) in [4.78, 5) is 2.47. The molecule has 0 amide bonds. The van der Waals surface area contributed by atoms with Crippen LogP contribution in [0.25, 0.3) is 70.9 Å². The third kappa shape index (κ3) is 4.50. The standard InChI is InChI=1S/C48H32N2/c1-3-14-33(15-4-1)35-18-13-21-38(30-35)49(47-31-36-17-8-9-22-40(36)43-28-26-34-16-7-10-23-41(34)48(43)47)39-27-29-46-44(32-39)42-24-11-12-25-45(42)50(46)37-19-5-2-6-20-37/h1-32H. The zero-order valence-electron chi connectivity index (χ0n) is 27.4. The average Bonchev–Trinajstić information content (AvgIpc) is 3.52. The third-order valence-corrected chi connectivity index (χ3v) is 10.1. The van der Waals surface area contributed by atoms with Crippen LogP contribution in [0.1, 0.15) is 0 Å². The zero-order chi connectivity index (χ0) is 33.0. The van der Waals surface area contributed by atoms with Crippen molar-refractivity contribution < 1.29 is 0 Å². The van der Waals surface area contributed by atoms with Gasteiger partial charge < -0.3 is 9.47 Å². The van der Waals surface area contributed by atoms with E-state index in [0.717, 1.165) is 22.7 Å². The zero-order valence-corrected chi connectivity index (χ0v) is 27.4. The van der Waals surface area contributed by atoms with Crippen molar-refractivity contribution in [2.75, 3.05) is 4.90 Å². The number of fused-ring (bicyclic) bond motifs is 8. The van der Waals surface area contributed by atoms with Crippen LogP contribution in [0.5, 0.6) is 0 Å². The van der Waals surface area contributed by atoms with Crippen LogP contribution in [0.15, 0.2) is 194 Å².